The lowest BCUT2D eigenvalue weighted by Crippen LogP contribution is -2.45. The van der Waals surface area contributed by atoms with E-state index in [1.165, 1.54) is 25.9 Å². The van der Waals surface area contributed by atoms with E-state index in [1.54, 1.807) is 0 Å². The first-order valence-corrected chi connectivity index (χ1v) is 6.31. The van der Waals surface area contributed by atoms with Gasteiger partial charge in [0, 0.05) is 25.1 Å². The lowest BCUT2D eigenvalue weighted by molar-refractivity contribution is 0.151. The minimum Gasteiger partial charge on any atom is -0.381 e. The van der Waals surface area contributed by atoms with Crippen LogP contribution in [0, 0.1) is 11.8 Å². The molecule has 15 heavy (non-hydrogen) atoms. The molecule has 2 fully saturated rings. The highest BCUT2D eigenvalue weighted by molar-refractivity contribution is 4.81. The summed E-state index contributed by atoms with van der Waals surface area (Å²) in [5.41, 5.74) is 6.22. The number of nitrogens with two attached hydrogens (primary N) is 1. The summed E-state index contributed by atoms with van der Waals surface area (Å²) in [7, 11) is 0. The smallest absolute Gasteiger partial charge is 0.0510 e. The molecule has 2 rings (SSSR count). The van der Waals surface area contributed by atoms with Gasteiger partial charge in [0.1, 0.15) is 0 Å². The third-order valence-electron chi connectivity index (χ3n) is 3.92. The van der Waals surface area contributed by atoms with Crippen LogP contribution in [0.3, 0.4) is 0 Å². The topological polar surface area (TPSA) is 38.5 Å². The van der Waals surface area contributed by atoms with E-state index in [1.807, 2.05) is 0 Å². The molecule has 3 heteroatoms. The van der Waals surface area contributed by atoms with E-state index in [-0.39, 0.29) is 0 Å². The van der Waals surface area contributed by atoms with E-state index in [0.29, 0.717) is 12.0 Å². The average Bonchev–Trinajstić information content (AvgIpc) is 2.74. The van der Waals surface area contributed by atoms with Crippen molar-refractivity contribution in [2.75, 3.05) is 32.8 Å². The van der Waals surface area contributed by atoms with E-state index in [2.05, 4.69) is 11.8 Å². The fourth-order valence-electron chi connectivity index (χ4n) is 2.58. The van der Waals surface area contributed by atoms with Gasteiger partial charge in [-0.15, -0.1) is 0 Å². The summed E-state index contributed by atoms with van der Waals surface area (Å²) >= 11 is 0. The van der Waals surface area contributed by atoms with Crippen molar-refractivity contribution >= 4 is 0 Å². The Morgan fingerprint density at radius 1 is 1.33 bits per heavy atom. The average molecular weight is 212 g/mol. The molecule has 2 N–H and O–H groups in total. The Kier molecular flexibility index (Phi) is 4.00. The Morgan fingerprint density at radius 3 is 2.67 bits per heavy atom. The minimum absolute atomic E-state index is 0.320. The number of likely N-dealkylation sites (tertiary alicyclic amines) is 1. The van der Waals surface area contributed by atoms with Crippen LogP contribution in [0.1, 0.15) is 26.2 Å². The van der Waals surface area contributed by atoms with Gasteiger partial charge in [0.2, 0.25) is 0 Å². The molecule has 0 aromatic carbocycles. The van der Waals surface area contributed by atoms with Gasteiger partial charge in [0.25, 0.3) is 0 Å². The summed E-state index contributed by atoms with van der Waals surface area (Å²) in [6.45, 7) is 7.69. The van der Waals surface area contributed by atoms with Gasteiger partial charge < -0.3 is 15.4 Å². The standard InChI is InChI=1S/C12H24N2O/c1-10-2-5-14(6-3-10)8-12(13)11-4-7-15-9-11/h10-12H,2-9,13H2,1H3. The van der Waals surface area contributed by atoms with Gasteiger partial charge in [-0.2, -0.15) is 0 Å². The molecule has 0 bridgehead atoms. The van der Waals surface area contributed by atoms with Crippen molar-refractivity contribution in [3.8, 4) is 0 Å². The summed E-state index contributed by atoms with van der Waals surface area (Å²) in [6, 6.07) is 0.320. The molecular weight excluding hydrogens is 188 g/mol. The molecule has 0 spiro atoms. The highest BCUT2D eigenvalue weighted by atomic mass is 16.5. The Labute approximate surface area is 93.0 Å². The van der Waals surface area contributed by atoms with E-state index in [0.717, 1.165) is 32.1 Å². The van der Waals surface area contributed by atoms with Crippen LogP contribution in [0.4, 0.5) is 0 Å². The van der Waals surface area contributed by atoms with Crippen molar-refractivity contribution in [1.29, 1.82) is 0 Å². The SMILES string of the molecule is CC1CCN(CC(N)C2CCOC2)CC1. The predicted octanol–water partition coefficient (Wildman–Crippen LogP) is 1.08. The molecule has 0 amide bonds. The van der Waals surface area contributed by atoms with Crippen molar-refractivity contribution in [2.24, 2.45) is 17.6 Å². The molecule has 2 aliphatic heterocycles. The Balaban J connectivity index is 1.71. The van der Waals surface area contributed by atoms with Crippen molar-refractivity contribution in [2.45, 2.75) is 32.2 Å². The third kappa shape index (κ3) is 3.16. The largest absolute Gasteiger partial charge is 0.381 e. The lowest BCUT2D eigenvalue weighted by Gasteiger charge is -2.33. The molecule has 3 nitrogen and oxygen atoms in total. The number of piperidine rings is 1. The zero-order valence-corrected chi connectivity index (χ0v) is 9.82. The van der Waals surface area contributed by atoms with Gasteiger partial charge in [0.15, 0.2) is 0 Å². The van der Waals surface area contributed by atoms with E-state index >= 15 is 0 Å². The van der Waals surface area contributed by atoms with E-state index < -0.39 is 0 Å². The zero-order valence-electron chi connectivity index (χ0n) is 9.82. The van der Waals surface area contributed by atoms with Gasteiger partial charge >= 0.3 is 0 Å². The van der Waals surface area contributed by atoms with Crippen LogP contribution < -0.4 is 5.73 Å². The fourth-order valence-corrected chi connectivity index (χ4v) is 2.58. The monoisotopic (exact) mass is 212 g/mol. The first kappa shape index (κ1) is 11.4. The Morgan fingerprint density at radius 2 is 2.07 bits per heavy atom. The maximum Gasteiger partial charge on any atom is 0.0510 e. The van der Waals surface area contributed by atoms with Crippen molar-refractivity contribution in [3.05, 3.63) is 0 Å². The molecule has 0 aromatic heterocycles. The number of hydrogen-bond donors (Lipinski definition) is 1. The van der Waals surface area contributed by atoms with E-state index in [9.17, 15) is 0 Å². The molecule has 0 aliphatic carbocycles. The molecule has 2 saturated heterocycles. The Hall–Kier alpha value is -0.120. The summed E-state index contributed by atoms with van der Waals surface area (Å²) in [4.78, 5) is 2.53. The molecule has 2 unspecified atom stereocenters. The van der Waals surface area contributed by atoms with Gasteiger partial charge in [-0.3, -0.25) is 0 Å². The van der Waals surface area contributed by atoms with Gasteiger partial charge in [0.05, 0.1) is 6.61 Å². The highest BCUT2D eigenvalue weighted by Gasteiger charge is 2.25. The second kappa shape index (κ2) is 5.28. The number of rotatable bonds is 3. The molecule has 0 saturated carbocycles. The van der Waals surface area contributed by atoms with Crippen LogP contribution in [0.2, 0.25) is 0 Å². The lowest BCUT2D eigenvalue weighted by atomic mass is 9.96. The number of hydrogen-bond acceptors (Lipinski definition) is 3. The number of ether oxygens (including phenoxy) is 1. The van der Waals surface area contributed by atoms with Crippen molar-refractivity contribution in [1.82, 2.24) is 4.90 Å². The molecule has 2 aliphatic rings. The molecular formula is C12H24N2O. The summed E-state index contributed by atoms with van der Waals surface area (Å²) in [5.74, 6) is 1.51. The van der Waals surface area contributed by atoms with Crippen molar-refractivity contribution < 1.29 is 4.74 Å². The third-order valence-corrected chi connectivity index (χ3v) is 3.92. The fraction of sp³-hybridized carbons (Fsp3) is 1.00. The van der Waals surface area contributed by atoms with Crippen LogP contribution >= 0.6 is 0 Å². The van der Waals surface area contributed by atoms with Crippen molar-refractivity contribution in [3.63, 3.8) is 0 Å². The maximum absolute atomic E-state index is 6.22. The van der Waals surface area contributed by atoms with Crippen LogP contribution in [0.15, 0.2) is 0 Å². The summed E-state index contributed by atoms with van der Waals surface area (Å²) in [5, 5.41) is 0. The van der Waals surface area contributed by atoms with Crippen LogP contribution in [0.25, 0.3) is 0 Å². The second-order valence-electron chi connectivity index (χ2n) is 5.27. The maximum atomic E-state index is 6.22. The number of nitrogens with zero attached hydrogens (tertiary/aromatic N) is 1. The predicted molar refractivity (Wildman–Crippen MR) is 61.7 cm³/mol. The molecule has 2 atom stereocenters. The minimum atomic E-state index is 0.320. The van der Waals surface area contributed by atoms with Gasteiger partial charge in [-0.05, 0) is 38.3 Å². The quantitative estimate of drug-likeness (QED) is 0.761. The summed E-state index contributed by atoms with van der Waals surface area (Å²) < 4.78 is 5.39. The van der Waals surface area contributed by atoms with Crippen LogP contribution in [0.5, 0.6) is 0 Å². The Bertz CT molecular complexity index is 184. The second-order valence-corrected chi connectivity index (χ2v) is 5.27. The molecule has 88 valence electrons. The zero-order chi connectivity index (χ0) is 10.7. The van der Waals surface area contributed by atoms with Crippen LogP contribution in [-0.2, 0) is 4.74 Å². The first-order chi connectivity index (χ1) is 7.25. The van der Waals surface area contributed by atoms with Gasteiger partial charge in [-0.25, -0.2) is 0 Å². The van der Waals surface area contributed by atoms with E-state index in [4.69, 9.17) is 10.5 Å². The summed E-state index contributed by atoms with van der Waals surface area (Å²) in [6.07, 6.45) is 3.84. The highest BCUT2D eigenvalue weighted by Crippen LogP contribution is 2.19. The van der Waals surface area contributed by atoms with Gasteiger partial charge in [-0.1, -0.05) is 6.92 Å². The molecule has 0 aromatic rings. The molecule has 0 radical (unpaired) electrons. The molecule has 2 heterocycles. The first-order valence-electron chi connectivity index (χ1n) is 6.31. The van der Waals surface area contributed by atoms with Crippen LogP contribution in [-0.4, -0.2) is 43.8 Å². The normalized spacial score (nSPS) is 32.0.